The van der Waals surface area contributed by atoms with E-state index >= 15 is 0 Å². The third kappa shape index (κ3) is 3.89. The topological polar surface area (TPSA) is 77.2 Å². The lowest BCUT2D eigenvalue weighted by Gasteiger charge is -2.56. The molecule has 4 fully saturated rings. The van der Waals surface area contributed by atoms with Crippen LogP contribution in [0.25, 0.3) is 11.4 Å². The first-order valence-corrected chi connectivity index (χ1v) is 11.0. The van der Waals surface area contributed by atoms with Gasteiger partial charge in [0.05, 0.1) is 6.61 Å². The molecule has 4 saturated carbocycles. The predicted octanol–water partition coefficient (Wildman–Crippen LogP) is 4.15. The molecule has 0 spiro atoms. The van der Waals surface area contributed by atoms with Gasteiger partial charge in [0, 0.05) is 23.9 Å². The van der Waals surface area contributed by atoms with Crippen LogP contribution in [0.5, 0.6) is 5.75 Å². The van der Waals surface area contributed by atoms with E-state index in [0.29, 0.717) is 31.2 Å². The Kier molecular flexibility index (Phi) is 4.80. The first kappa shape index (κ1) is 18.6. The molecule has 0 aliphatic heterocycles. The van der Waals surface area contributed by atoms with Crippen LogP contribution in [0.2, 0.25) is 0 Å². The van der Waals surface area contributed by atoms with Crippen molar-refractivity contribution < 1.29 is 14.1 Å². The molecule has 154 valence electrons. The highest BCUT2D eigenvalue weighted by Crippen LogP contribution is 2.55. The van der Waals surface area contributed by atoms with Crippen molar-refractivity contribution in [2.24, 2.45) is 17.8 Å². The molecule has 6 nitrogen and oxygen atoms in total. The van der Waals surface area contributed by atoms with E-state index in [1.165, 1.54) is 38.5 Å². The summed E-state index contributed by atoms with van der Waals surface area (Å²) < 4.78 is 10.8. The van der Waals surface area contributed by atoms with E-state index in [-0.39, 0.29) is 11.4 Å². The molecule has 2 aromatic rings. The standard InChI is InChI=1S/C23H29N3O3/c1-2-28-19-5-3-18(4-6-19)22-24-21(29-26-22)8-7-20(27)25-23-12-15-9-16(13-23)11-17(10-15)14-23/h3-6,15-17H,2,7-14H2,1H3,(H,25,27). The fourth-order valence-corrected chi connectivity index (χ4v) is 6.18. The first-order valence-electron chi connectivity index (χ1n) is 11.0. The Labute approximate surface area is 171 Å². The van der Waals surface area contributed by atoms with Crippen LogP contribution in [-0.2, 0) is 11.2 Å². The Hall–Kier alpha value is -2.37. The molecular formula is C23H29N3O3. The van der Waals surface area contributed by atoms with Crippen molar-refractivity contribution in [1.29, 1.82) is 0 Å². The molecule has 4 bridgehead atoms. The number of nitrogens with one attached hydrogen (secondary N) is 1. The summed E-state index contributed by atoms with van der Waals surface area (Å²) in [5.74, 6) is 4.48. The minimum Gasteiger partial charge on any atom is -0.494 e. The molecule has 1 aromatic carbocycles. The largest absolute Gasteiger partial charge is 0.494 e. The van der Waals surface area contributed by atoms with Gasteiger partial charge in [-0.25, -0.2) is 0 Å². The smallest absolute Gasteiger partial charge is 0.227 e. The van der Waals surface area contributed by atoms with Crippen molar-refractivity contribution in [3.05, 3.63) is 30.2 Å². The summed E-state index contributed by atoms with van der Waals surface area (Å²) in [6, 6.07) is 7.63. The number of carbonyl (C=O) groups is 1. The average molecular weight is 396 g/mol. The maximum atomic E-state index is 12.7. The van der Waals surface area contributed by atoms with E-state index in [1.54, 1.807) is 0 Å². The molecule has 0 radical (unpaired) electrons. The van der Waals surface area contributed by atoms with Crippen molar-refractivity contribution in [2.75, 3.05) is 6.61 Å². The third-order valence-electron chi connectivity index (χ3n) is 6.90. The van der Waals surface area contributed by atoms with Gasteiger partial charge in [0.15, 0.2) is 0 Å². The molecule has 0 unspecified atom stereocenters. The molecule has 6 heteroatoms. The molecule has 4 aliphatic carbocycles. The van der Waals surface area contributed by atoms with E-state index in [2.05, 4.69) is 15.5 Å². The minimum atomic E-state index is 0.0636. The molecule has 0 saturated heterocycles. The van der Waals surface area contributed by atoms with Crippen molar-refractivity contribution in [1.82, 2.24) is 15.5 Å². The Morgan fingerprint density at radius 2 is 1.79 bits per heavy atom. The van der Waals surface area contributed by atoms with E-state index in [4.69, 9.17) is 9.26 Å². The van der Waals surface area contributed by atoms with Gasteiger partial charge in [-0.3, -0.25) is 4.79 Å². The van der Waals surface area contributed by atoms with Gasteiger partial charge in [0.1, 0.15) is 5.75 Å². The fourth-order valence-electron chi connectivity index (χ4n) is 6.18. The summed E-state index contributed by atoms with van der Waals surface area (Å²) in [4.78, 5) is 17.1. The number of hydrogen-bond acceptors (Lipinski definition) is 5. The second kappa shape index (κ2) is 7.47. The number of aryl methyl sites for hydroxylation is 1. The zero-order valence-corrected chi connectivity index (χ0v) is 17.0. The van der Waals surface area contributed by atoms with Crippen LogP contribution in [0.15, 0.2) is 28.8 Å². The second-order valence-electron chi connectivity index (χ2n) is 9.22. The number of amides is 1. The van der Waals surface area contributed by atoms with Gasteiger partial charge >= 0.3 is 0 Å². The molecule has 6 rings (SSSR count). The lowest BCUT2D eigenvalue weighted by molar-refractivity contribution is -0.126. The third-order valence-corrected chi connectivity index (χ3v) is 6.90. The minimum absolute atomic E-state index is 0.0636. The summed E-state index contributed by atoms with van der Waals surface area (Å²) in [5, 5.41) is 7.47. The summed E-state index contributed by atoms with van der Waals surface area (Å²) in [6.07, 6.45) is 8.53. The van der Waals surface area contributed by atoms with Gasteiger partial charge in [-0.05, 0) is 87.5 Å². The van der Waals surface area contributed by atoms with E-state index in [1.807, 2.05) is 31.2 Å². The first-order chi connectivity index (χ1) is 14.1. The van der Waals surface area contributed by atoms with Crippen molar-refractivity contribution in [2.45, 2.75) is 63.8 Å². The highest BCUT2D eigenvalue weighted by molar-refractivity contribution is 5.77. The van der Waals surface area contributed by atoms with Crippen molar-refractivity contribution in [3.8, 4) is 17.1 Å². The average Bonchev–Trinajstić information content (AvgIpc) is 3.15. The van der Waals surface area contributed by atoms with Crippen LogP contribution in [0.3, 0.4) is 0 Å². The van der Waals surface area contributed by atoms with Crippen LogP contribution in [0, 0.1) is 17.8 Å². The number of nitrogens with zero attached hydrogens (tertiary/aromatic N) is 2. The Bertz CT molecular complexity index is 838. The highest BCUT2D eigenvalue weighted by Gasteiger charge is 2.51. The Morgan fingerprint density at radius 1 is 1.14 bits per heavy atom. The zero-order chi connectivity index (χ0) is 19.8. The maximum absolute atomic E-state index is 12.7. The number of rotatable bonds is 7. The predicted molar refractivity (Wildman–Crippen MR) is 108 cm³/mol. The summed E-state index contributed by atoms with van der Waals surface area (Å²) in [6.45, 7) is 2.59. The van der Waals surface area contributed by atoms with Gasteiger partial charge in [0.2, 0.25) is 17.6 Å². The fraction of sp³-hybridized carbons (Fsp3) is 0.609. The number of hydrogen-bond donors (Lipinski definition) is 1. The summed E-state index contributed by atoms with van der Waals surface area (Å²) in [7, 11) is 0. The van der Waals surface area contributed by atoms with Crippen LogP contribution >= 0.6 is 0 Å². The zero-order valence-electron chi connectivity index (χ0n) is 17.0. The monoisotopic (exact) mass is 395 g/mol. The van der Waals surface area contributed by atoms with Gasteiger partial charge in [0.25, 0.3) is 0 Å². The molecular weight excluding hydrogens is 366 g/mol. The van der Waals surface area contributed by atoms with E-state index in [0.717, 1.165) is 29.1 Å². The number of aromatic nitrogens is 2. The van der Waals surface area contributed by atoms with Crippen LogP contribution in [0.4, 0.5) is 0 Å². The van der Waals surface area contributed by atoms with Gasteiger partial charge in [-0.1, -0.05) is 5.16 Å². The lowest BCUT2D eigenvalue weighted by Crippen LogP contribution is -2.59. The number of carbonyl (C=O) groups excluding carboxylic acids is 1. The normalized spacial score (nSPS) is 29.8. The van der Waals surface area contributed by atoms with Crippen LogP contribution in [0.1, 0.15) is 57.8 Å². The number of benzene rings is 1. The lowest BCUT2D eigenvalue weighted by atomic mass is 9.53. The summed E-state index contributed by atoms with van der Waals surface area (Å²) >= 11 is 0. The molecule has 1 N–H and O–H groups in total. The molecule has 4 aliphatic rings. The molecule has 1 aromatic heterocycles. The summed E-state index contributed by atoms with van der Waals surface area (Å²) in [5.41, 5.74) is 0.940. The number of ether oxygens (including phenoxy) is 1. The Morgan fingerprint density at radius 3 is 2.41 bits per heavy atom. The quantitative estimate of drug-likeness (QED) is 0.762. The van der Waals surface area contributed by atoms with Crippen LogP contribution < -0.4 is 10.1 Å². The van der Waals surface area contributed by atoms with E-state index in [9.17, 15) is 4.79 Å². The van der Waals surface area contributed by atoms with Gasteiger partial charge in [-0.15, -0.1) is 0 Å². The van der Waals surface area contributed by atoms with Crippen molar-refractivity contribution in [3.63, 3.8) is 0 Å². The second-order valence-corrected chi connectivity index (χ2v) is 9.22. The van der Waals surface area contributed by atoms with Crippen LogP contribution in [-0.4, -0.2) is 28.2 Å². The molecule has 29 heavy (non-hydrogen) atoms. The molecule has 0 atom stereocenters. The van der Waals surface area contributed by atoms with Crippen molar-refractivity contribution >= 4 is 5.91 Å². The van der Waals surface area contributed by atoms with Gasteiger partial charge in [-0.2, -0.15) is 4.98 Å². The van der Waals surface area contributed by atoms with E-state index < -0.39 is 0 Å². The molecule has 1 heterocycles. The highest BCUT2D eigenvalue weighted by atomic mass is 16.5. The van der Waals surface area contributed by atoms with Gasteiger partial charge < -0.3 is 14.6 Å². The molecule has 1 amide bonds. The Balaban J connectivity index is 1.16. The SMILES string of the molecule is CCOc1ccc(-c2noc(CCC(=O)NC34CC5CC(CC(C5)C3)C4)n2)cc1. The maximum Gasteiger partial charge on any atom is 0.227 e.